The number of benzene rings is 1. The van der Waals surface area contributed by atoms with Crippen molar-refractivity contribution in [2.75, 3.05) is 13.1 Å². The Balaban J connectivity index is 1.36. The fourth-order valence-electron chi connectivity index (χ4n) is 4.95. The fourth-order valence-corrected chi connectivity index (χ4v) is 4.95. The summed E-state index contributed by atoms with van der Waals surface area (Å²) in [7, 11) is 0. The zero-order chi connectivity index (χ0) is 22.5. The van der Waals surface area contributed by atoms with E-state index in [4.69, 9.17) is 0 Å². The van der Waals surface area contributed by atoms with Crippen LogP contribution in [0.15, 0.2) is 52.2 Å². The molecular formula is C24H24N6O3. The molecule has 2 fully saturated rings. The number of hydrogen-bond acceptors (Lipinski definition) is 5. The summed E-state index contributed by atoms with van der Waals surface area (Å²) < 4.78 is 3.62. The molecule has 168 valence electrons. The first-order valence-corrected chi connectivity index (χ1v) is 11.4. The Kier molecular flexibility index (Phi) is 4.63. The first-order chi connectivity index (χ1) is 16.1. The van der Waals surface area contributed by atoms with Crippen LogP contribution in [0.3, 0.4) is 0 Å². The predicted molar refractivity (Wildman–Crippen MR) is 123 cm³/mol. The van der Waals surface area contributed by atoms with E-state index in [1.54, 1.807) is 39.9 Å². The van der Waals surface area contributed by atoms with E-state index in [-0.39, 0.29) is 28.9 Å². The maximum Gasteiger partial charge on any atom is 0.330 e. The summed E-state index contributed by atoms with van der Waals surface area (Å²) in [5, 5.41) is 7.50. The molecule has 0 unspecified atom stereocenters. The Hall–Kier alpha value is -3.75. The second-order valence-corrected chi connectivity index (χ2v) is 9.05. The maximum absolute atomic E-state index is 13.4. The minimum atomic E-state index is -0.320. The number of nitrogens with one attached hydrogen (secondary N) is 1. The van der Waals surface area contributed by atoms with Crippen LogP contribution in [0.2, 0.25) is 0 Å². The molecule has 1 saturated carbocycles. The number of pyridine rings is 1. The number of rotatable bonds is 4. The van der Waals surface area contributed by atoms with Crippen molar-refractivity contribution >= 4 is 27.8 Å². The lowest BCUT2D eigenvalue weighted by atomic mass is 10.0. The molecule has 4 heterocycles. The molecule has 1 atom stereocenters. The van der Waals surface area contributed by atoms with Crippen LogP contribution in [0.4, 0.5) is 0 Å². The largest absolute Gasteiger partial charge is 0.335 e. The quantitative estimate of drug-likeness (QED) is 0.520. The highest BCUT2D eigenvalue weighted by Gasteiger charge is 2.31. The van der Waals surface area contributed by atoms with Gasteiger partial charge in [-0.05, 0) is 49.8 Å². The fraction of sp³-hybridized carbons (Fsp3) is 0.375. The van der Waals surface area contributed by atoms with Gasteiger partial charge in [-0.25, -0.2) is 14.9 Å². The van der Waals surface area contributed by atoms with Gasteiger partial charge in [-0.15, -0.1) is 0 Å². The monoisotopic (exact) mass is 444 g/mol. The van der Waals surface area contributed by atoms with Crippen LogP contribution < -0.4 is 11.2 Å². The highest BCUT2D eigenvalue weighted by molar-refractivity contribution is 6.04. The van der Waals surface area contributed by atoms with Crippen molar-refractivity contribution in [1.82, 2.24) is 29.2 Å². The van der Waals surface area contributed by atoms with E-state index in [2.05, 4.69) is 15.2 Å². The molecule has 1 N–H and O–H groups in total. The molecule has 33 heavy (non-hydrogen) atoms. The summed E-state index contributed by atoms with van der Waals surface area (Å²) in [5.74, 6) is 0.320. The van der Waals surface area contributed by atoms with Gasteiger partial charge < -0.3 is 4.90 Å². The van der Waals surface area contributed by atoms with Gasteiger partial charge in [0.05, 0.1) is 16.9 Å². The zero-order valence-electron chi connectivity index (χ0n) is 18.1. The van der Waals surface area contributed by atoms with E-state index in [9.17, 15) is 14.4 Å². The third-order valence-electron chi connectivity index (χ3n) is 6.81. The molecule has 0 bridgehead atoms. The molecule has 0 spiro atoms. The van der Waals surface area contributed by atoms with Crippen LogP contribution >= 0.6 is 0 Å². The van der Waals surface area contributed by atoms with Crippen LogP contribution in [0, 0.1) is 5.92 Å². The lowest BCUT2D eigenvalue weighted by molar-refractivity contribution is 0.0674. The predicted octanol–water partition coefficient (Wildman–Crippen LogP) is 2.32. The third kappa shape index (κ3) is 3.35. The van der Waals surface area contributed by atoms with Crippen LogP contribution in [0.5, 0.6) is 0 Å². The minimum absolute atomic E-state index is 0.0532. The van der Waals surface area contributed by atoms with Crippen molar-refractivity contribution in [3.8, 4) is 0 Å². The summed E-state index contributed by atoms with van der Waals surface area (Å²) in [6.45, 7) is 1.69. The van der Waals surface area contributed by atoms with Crippen molar-refractivity contribution in [2.24, 2.45) is 5.92 Å². The average Bonchev–Trinajstić information content (AvgIpc) is 3.63. The molecule has 3 aromatic heterocycles. The molecular weight excluding hydrogens is 420 g/mol. The van der Waals surface area contributed by atoms with Gasteiger partial charge in [0.2, 0.25) is 0 Å². The third-order valence-corrected chi connectivity index (χ3v) is 6.81. The number of amides is 1. The first kappa shape index (κ1) is 19.9. The van der Waals surface area contributed by atoms with Gasteiger partial charge in [-0.2, -0.15) is 5.10 Å². The number of nitrogens with zero attached hydrogens (tertiary/aromatic N) is 5. The van der Waals surface area contributed by atoms with Gasteiger partial charge in [0.15, 0.2) is 11.3 Å². The number of carbonyl (C=O) groups is 1. The number of carbonyl (C=O) groups excluding carboxylic acids is 1. The van der Waals surface area contributed by atoms with E-state index < -0.39 is 0 Å². The molecule has 4 aromatic rings. The van der Waals surface area contributed by atoms with Crippen molar-refractivity contribution in [2.45, 2.75) is 38.3 Å². The summed E-state index contributed by atoms with van der Waals surface area (Å²) in [6, 6.07) is 10.6. The molecule has 1 saturated heterocycles. The maximum atomic E-state index is 13.4. The number of imidazole rings is 1. The van der Waals surface area contributed by atoms with Gasteiger partial charge in [0.1, 0.15) is 0 Å². The Labute approximate surface area is 188 Å². The number of aromatic amines is 1. The lowest BCUT2D eigenvalue weighted by Crippen LogP contribution is -2.43. The molecule has 1 aliphatic heterocycles. The Morgan fingerprint density at radius 3 is 2.70 bits per heavy atom. The Morgan fingerprint density at radius 2 is 1.88 bits per heavy atom. The summed E-state index contributed by atoms with van der Waals surface area (Å²) in [6.07, 6.45) is 5.59. The molecule has 1 aromatic carbocycles. The molecule has 1 amide bonds. The first-order valence-electron chi connectivity index (χ1n) is 11.4. The highest BCUT2D eigenvalue weighted by atomic mass is 16.2. The molecule has 1 aliphatic carbocycles. The van der Waals surface area contributed by atoms with Crippen LogP contribution in [0.1, 0.15) is 42.2 Å². The smallest absolute Gasteiger partial charge is 0.330 e. The summed E-state index contributed by atoms with van der Waals surface area (Å²) in [5.41, 5.74) is 1.39. The van der Waals surface area contributed by atoms with E-state index >= 15 is 0 Å². The van der Waals surface area contributed by atoms with Crippen molar-refractivity contribution < 1.29 is 4.79 Å². The SMILES string of the molecule is O=C(c1n[nH]c(=O)c2ccccc12)N1CCC[C@H](n2c(=O)n(CC3CC3)c3cccnc32)C1. The molecule has 6 rings (SSSR count). The van der Waals surface area contributed by atoms with Crippen LogP contribution in [-0.4, -0.2) is 48.2 Å². The van der Waals surface area contributed by atoms with Gasteiger partial charge in [-0.1, -0.05) is 18.2 Å². The zero-order valence-corrected chi connectivity index (χ0v) is 18.1. The van der Waals surface area contributed by atoms with Gasteiger partial charge in [0, 0.05) is 31.2 Å². The topological polar surface area (TPSA) is 106 Å². The highest BCUT2D eigenvalue weighted by Crippen LogP contribution is 2.32. The van der Waals surface area contributed by atoms with Crippen LogP contribution in [0.25, 0.3) is 21.9 Å². The molecule has 9 heteroatoms. The minimum Gasteiger partial charge on any atom is -0.335 e. The van der Waals surface area contributed by atoms with Gasteiger partial charge >= 0.3 is 5.69 Å². The standard InChI is InChI=1S/C24H24N6O3/c31-22-18-7-2-1-6-17(18)20(26-27-22)23(32)28-12-4-5-16(14-28)30-21-19(8-3-11-25-21)29(24(30)33)13-15-9-10-15/h1-3,6-8,11,15-16H,4-5,9-10,12-14H2,(H,27,31)/t16-/m0/s1. The van der Waals surface area contributed by atoms with Crippen molar-refractivity contribution in [3.63, 3.8) is 0 Å². The molecule has 9 nitrogen and oxygen atoms in total. The lowest BCUT2D eigenvalue weighted by Gasteiger charge is -2.33. The van der Waals surface area contributed by atoms with E-state index in [0.717, 1.165) is 37.7 Å². The summed E-state index contributed by atoms with van der Waals surface area (Å²) in [4.78, 5) is 45.3. The summed E-state index contributed by atoms with van der Waals surface area (Å²) >= 11 is 0. The number of hydrogen-bond donors (Lipinski definition) is 1. The van der Waals surface area contributed by atoms with Gasteiger partial charge in [-0.3, -0.25) is 18.7 Å². The second kappa shape index (κ2) is 7.68. The van der Waals surface area contributed by atoms with E-state index in [1.807, 2.05) is 16.7 Å². The number of likely N-dealkylation sites (tertiary alicyclic amines) is 1. The average molecular weight is 444 g/mol. The molecule has 0 radical (unpaired) electrons. The number of aromatic nitrogens is 5. The normalized spacial score (nSPS) is 18.8. The number of H-pyrrole nitrogens is 1. The Bertz CT molecular complexity index is 1500. The van der Waals surface area contributed by atoms with Crippen LogP contribution in [-0.2, 0) is 6.54 Å². The Morgan fingerprint density at radius 1 is 1.06 bits per heavy atom. The van der Waals surface area contributed by atoms with Crippen molar-refractivity contribution in [1.29, 1.82) is 0 Å². The molecule has 2 aliphatic rings. The van der Waals surface area contributed by atoms with Gasteiger partial charge in [0.25, 0.3) is 11.5 Å². The number of piperidine rings is 1. The number of fused-ring (bicyclic) bond motifs is 2. The van der Waals surface area contributed by atoms with E-state index in [0.29, 0.717) is 35.4 Å². The second-order valence-electron chi connectivity index (χ2n) is 9.05. The van der Waals surface area contributed by atoms with E-state index in [1.165, 1.54) is 0 Å². The van der Waals surface area contributed by atoms with Crippen molar-refractivity contribution in [3.05, 3.63) is 69.1 Å².